The summed E-state index contributed by atoms with van der Waals surface area (Å²) in [5, 5.41) is 9.11. The van der Waals surface area contributed by atoms with Gasteiger partial charge in [-0.3, -0.25) is 0 Å². The Morgan fingerprint density at radius 3 is 2.65 bits per heavy atom. The number of rotatable bonds is 4. The highest BCUT2D eigenvalue weighted by Gasteiger charge is 2.22. The molecule has 0 unspecified atom stereocenters. The van der Waals surface area contributed by atoms with Gasteiger partial charge >= 0.3 is 0 Å². The van der Waals surface area contributed by atoms with Crippen molar-refractivity contribution in [3.05, 3.63) is 29.3 Å². The lowest BCUT2D eigenvalue weighted by Gasteiger charge is -2.17. The number of hydrogen-bond acceptors (Lipinski definition) is 3. The van der Waals surface area contributed by atoms with Crippen LogP contribution in [0.15, 0.2) is 23.1 Å². The second kappa shape index (κ2) is 5.32. The number of benzene rings is 1. The molecule has 0 aromatic heterocycles. The lowest BCUT2D eigenvalue weighted by molar-refractivity contribution is 0.280. The first-order chi connectivity index (χ1) is 7.95. The molecular formula is C12H15NO3S. The minimum atomic E-state index is -3.58. The van der Waals surface area contributed by atoms with Crippen molar-refractivity contribution in [2.75, 3.05) is 13.6 Å². The molecule has 0 spiro atoms. The molecule has 1 aromatic rings. The van der Waals surface area contributed by atoms with Crippen molar-refractivity contribution in [3.63, 3.8) is 0 Å². The van der Waals surface area contributed by atoms with Crippen LogP contribution in [0.4, 0.5) is 0 Å². The van der Waals surface area contributed by atoms with Gasteiger partial charge in [-0.05, 0) is 24.1 Å². The molecule has 0 saturated carbocycles. The number of aliphatic hydroxyl groups is 1. The summed E-state index contributed by atoms with van der Waals surface area (Å²) in [4.78, 5) is 0.182. The Labute approximate surface area is 102 Å². The molecule has 0 radical (unpaired) electrons. The standard InChI is InChI=1S/C12H15NO3S/c1-4-8-13(3)17(15,16)12-7-5-6-11(9-14)10(12)2/h1,5-7,14H,8-9H2,2-3H3. The smallest absolute Gasteiger partial charge is 0.243 e. The van der Waals surface area contributed by atoms with Gasteiger partial charge in [0.15, 0.2) is 0 Å². The van der Waals surface area contributed by atoms with E-state index in [4.69, 9.17) is 11.5 Å². The van der Waals surface area contributed by atoms with Gasteiger partial charge in [0.05, 0.1) is 18.0 Å². The SMILES string of the molecule is C#CCN(C)S(=O)(=O)c1cccc(CO)c1C. The summed E-state index contributed by atoms with van der Waals surface area (Å²) in [6, 6.07) is 4.81. The minimum Gasteiger partial charge on any atom is -0.392 e. The van der Waals surface area contributed by atoms with Crippen LogP contribution in [0.1, 0.15) is 11.1 Å². The highest BCUT2D eigenvalue weighted by Crippen LogP contribution is 2.21. The van der Waals surface area contributed by atoms with Crippen molar-refractivity contribution in [2.45, 2.75) is 18.4 Å². The summed E-state index contributed by atoms with van der Waals surface area (Å²) in [6.45, 7) is 1.50. The average molecular weight is 253 g/mol. The highest BCUT2D eigenvalue weighted by atomic mass is 32.2. The molecule has 0 bridgehead atoms. The Morgan fingerprint density at radius 1 is 1.47 bits per heavy atom. The lowest BCUT2D eigenvalue weighted by Crippen LogP contribution is -2.28. The molecule has 4 nitrogen and oxygen atoms in total. The predicted molar refractivity (Wildman–Crippen MR) is 65.8 cm³/mol. The van der Waals surface area contributed by atoms with Crippen LogP contribution in [0.2, 0.25) is 0 Å². The zero-order valence-electron chi connectivity index (χ0n) is 9.84. The van der Waals surface area contributed by atoms with E-state index in [0.717, 1.165) is 4.31 Å². The van der Waals surface area contributed by atoms with Crippen molar-refractivity contribution in [1.82, 2.24) is 4.31 Å². The van der Waals surface area contributed by atoms with Gasteiger partial charge < -0.3 is 5.11 Å². The first-order valence-electron chi connectivity index (χ1n) is 5.04. The van der Waals surface area contributed by atoms with Crippen LogP contribution in [0.3, 0.4) is 0 Å². The summed E-state index contributed by atoms with van der Waals surface area (Å²) < 4.78 is 25.4. The molecular weight excluding hydrogens is 238 g/mol. The molecule has 0 aliphatic rings. The molecule has 1 N–H and O–H groups in total. The van der Waals surface area contributed by atoms with Crippen molar-refractivity contribution < 1.29 is 13.5 Å². The van der Waals surface area contributed by atoms with Gasteiger partial charge in [0.1, 0.15) is 0 Å². The van der Waals surface area contributed by atoms with Gasteiger partial charge in [-0.1, -0.05) is 18.1 Å². The van der Waals surface area contributed by atoms with Gasteiger partial charge in [0.25, 0.3) is 0 Å². The maximum Gasteiger partial charge on any atom is 0.243 e. The third-order valence-electron chi connectivity index (χ3n) is 2.57. The molecule has 0 aliphatic heterocycles. The maximum atomic E-state index is 12.2. The molecule has 0 atom stereocenters. The second-order valence-electron chi connectivity index (χ2n) is 3.66. The number of hydrogen-bond donors (Lipinski definition) is 1. The van der Waals surface area contributed by atoms with Crippen LogP contribution in [0.25, 0.3) is 0 Å². The van der Waals surface area contributed by atoms with Gasteiger partial charge in [-0.25, -0.2) is 8.42 Å². The summed E-state index contributed by atoms with van der Waals surface area (Å²) in [7, 11) is -2.15. The number of sulfonamides is 1. The average Bonchev–Trinajstić information content (AvgIpc) is 2.29. The topological polar surface area (TPSA) is 57.6 Å². The van der Waals surface area contributed by atoms with E-state index >= 15 is 0 Å². The second-order valence-corrected chi connectivity index (χ2v) is 5.68. The molecule has 5 heteroatoms. The van der Waals surface area contributed by atoms with Crippen LogP contribution in [0.5, 0.6) is 0 Å². The van der Waals surface area contributed by atoms with Crippen molar-refractivity contribution in [2.24, 2.45) is 0 Å². The zero-order chi connectivity index (χ0) is 13.1. The molecule has 0 amide bonds. The molecule has 0 fully saturated rings. The zero-order valence-corrected chi connectivity index (χ0v) is 10.7. The van der Waals surface area contributed by atoms with E-state index in [2.05, 4.69) is 5.92 Å². The Hall–Kier alpha value is -1.35. The van der Waals surface area contributed by atoms with E-state index in [9.17, 15) is 8.42 Å². The molecule has 0 heterocycles. The first kappa shape index (κ1) is 13.7. The third kappa shape index (κ3) is 2.67. The summed E-state index contributed by atoms with van der Waals surface area (Å²) >= 11 is 0. The molecule has 0 saturated heterocycles. The van der Waals surface area contributed by atoms with E-state index < -0.39 is 10.0 Å². The Bertz CT molecular complexity index is 543. The van der Waals surface area contributed by atoms with Gasteiger partial charge in [0.2, 0.25) is 10.0 Å². The minimum absolute atomic E-state index is 0.0190. The van der Waals surface area contributed by atoms with E-state index in [1.54, 1.807) is 19.1 Å². The van der Waals surface area contributed by atoms with Crippen LogP contribution in [-0.2, 0) is 16.6 Å². The summed E-state index contributed by atoms with van der Waals surface area (Å²) in [5.74, 6) is 2.29. The van der Waals surface area contributed by atoms with Crippen LogP contribution >= 0.6 is 0 Å². The molecule has 0 aliphatic carbocycles. The Balaban J connectivity index is 3.30. The molecule has 1 rings (SSSR count). The molecule has 1 aromatic carbocycles. The van der Waals surface area contributed by atoms with Crippen LogP contribution in [0, 0.1) is 19.3 Å². The summed E-state index contributed by atoms with van der Waals surface area (Å²) in [6.07, 6.45) is 5.10. The van der Waals surface area contributed by atoms with Crippen molar-refractivity contribution >= 4 is 10.0 Å². The van der Waals surface area contributed by atoms with Gasteiger partial charge in [0, 0.05) is 7.05 Å². The number of terminal acetylenes is 1. The largest absolute Gasteiger partial charge is 0.392 e. The van der Waals surface area contributed by atoms with Crippen molar-refractivity contribution in [1.29, 1.82) is 0 Å². The first-order valence-corrected chi connectivity index (χ1v) is 6.48. The highest BCUT2D eigenvalue weighted by molar-refractivity contribution is 7.89. The third-order valence-corrected chi connectivity index (χ3v) is 4.52. The fraction of sp³-hybridized carbons (Fsp3) is 0.333. The monoisotopic (exact) mass is 253 g/mol. The van der Waals surface area contributed by atoms with Gasteiger partial charge in [-0.15, -0.1) is 6.42 Å². The van der Waals surface area contributed by atoms with E-state index in [1.807, 2.05) is 0 Å². The fourth-order valence-corrected chi connectivity index (χ4v) is 2.84. The van der Waals surface area contributed by atoms with Crippen LogP contribution in [-0.4, -0.2) is 31.4 Å². The van der Waals surface area contributed by atoms with Crippen LogP contribution < -0.4 is 0 Å². The maximum absolute atomic E-state index is 12.2. The van der Waals surface area contributed by atoms with E-state index in [-0.39, 0.29) is 18.0 Å². The van der Waals surface area contributed by atoms with Crippen molar-refractivity contribution in [3.8, 4) is 12.3 Å². The molecule has 92 valence electrons. The van der Waals surface area contributed by atoms with E-state index in [0.29, 0.717) is 11.1 Å². The summed E-state index contributed by atoms with van der Waals surface area (Å²) in [5.41, 5.74) is 1.15. The predicted octanol–water partition coefficient (Wildman–Crippen LogP) is 0.741. The number of nitrogens with zero attached hydrogens (tertiary/aromatic N) is 1. The molecule has 17 heavy (non-hydrogen) atoms. The Kier molecular flexibility index (Phi) is 4.29. The Morgan fingerprint density at radius 2 is 2.12 bits per heavy atom. The lowest BCUT2D eigenvalue weighted by atomic mass is 10.1. The normalized spacial score (nSPS) is 11.5. The van der Waals surface area contributed by atoms with E-state index in [1.165, 1.54) is 13.1 Å². The van der Waals surface area contributed by atoms with Gasteiger partial charge in [-0.2, -0.15) is 4.31 Å². The fourth-order valence-electron chi connectivity index (χ4n) is 1.49. The number of aliphatic hydroxyl groups excluding tert-OH is 1. The quantitative estimate of drug-likeness (QED) is 0.805.